The minimum atomic E-state index is -0.0540. The molecule has 0 fully saturated rings. The van der Waals surface area contributed by atoms with Crippen LogP contribution in [0.3, 0.4) is 0 Å². The monoisotopic (exact) mass is 340 g/mol. The Hall–Kier alpha value is -3.60. The lowest BCUT2D eigenvalue weighted by molar-refractivity contribution is 0.101. The molecule has 0 radical (unpaired) electrons. The summed E-state index contributed by atoms with van der Waals surface area (Å²) in [5.41, 5.74) is 4.62. The first-order valence-corrected chi connectivity index (χ1v) is 8.21. The summed E-state index contributed by atoms with van der Waals surface area (Å²) < 4.78 is 1.98. The SMILES string of the molecule is C=Cc1cccc(-c2ncc3ccc(-c4cccc(C(C)=O)n4)cn23)n1. The van der Waals surface area contributed by atoms with E-state index in [1.165, 1.54) is 6.92 Å². The molecule has 0 saturated heterocycles. The Morgan fingerprint density at radius 2 is 1.85 bits per heavy atom. The quantitative estimate of drug-likeness (QED) is 0.520. The maximum atomic E-state index is 11.6. The van der Waals surface area contributed by atoms with Gasteiger partial charge in [-0.1, -0.05) is 18.7 Å². The normalized spacial score (nSPS) is 10.8. The van der Waals surface area contributed by atoms with E-state index in [1.807, 2.05) is 53.1 Å². The van der Waals surface area contributed by atoms with Gasteiger partial charge in [-0.25, -0.2) is 15.0 Å². The Balaban J connectivity index is 1.86. The molecule has 5 heteroatoms. The van der Waals surface area contributed by atoms with Crippen LogP contribution >= 0.6 is 0 Å². The Morgan fingerprint density at radius 3 is 2.65 bits per heavy atom. The Kier molecular flexibility index (Phi) is 3.89. The second kappa shape index (κ2) is 6.37. The van der Waals surface area contributed by atoms with Gasteiger partial charge < -0.3 is 0 Å². The molecule has 0 saturated carbocycles. The molecule has 5 nitrogen and oxygen atoms in total. The smallest absolute Gasteiger partial charge is 0.178 e. The number of pyridine rings is 3. The lowest BCUT2D eigenvalue weighted by atomic mass is 10.1. The lowest BCUT2D eigenvalue weighted by Gasteiger charge is -2.06. The Labute approximate surface area is 150 Å². The number of Topliss-reactive ketones (excluding diaryl/α,β-unsaturated/α-hetero) is 1. The third kappa shape index (κ3) is 2.80. The lowest BCUT2D eigenvalue weighted by Crippen LogP contribution is -1.98. The van der Waals surface area contributed by atoms with Gasteiger partial charge in [0.1, 0.15) is 11.4 Å². The molecule has 0 atom stereocenters. The van der Waals surface area contributed by atoms with Gasteiger partial charge in [-0.05, 0) is 42.5 Å². The van der Waals surface area contributed by atoms with Crippen molar-refractivity contribution in [3.05, 3.63) is 78.9 Å². The van der Waals surface area contributed by atoms with Crippen LogP contribution in [0.2, 0.25) is 0 Å². The van der Waals surface area contributed by atoms with Crippen molar-refractivity contribution in [2.75, 3.05) is 0 Å². The summed E-state index contributed by atoms with van der Waals surface area (Å²) in [5.74, 6) is 0.690. The highest BCUT2D eigenvalue weighted by Crippen LogP contribution is 2.23. The highest BCUT2D eigenvalue weighted by Gasteiger charge is 2.10. The van der Waals surface area contributed by atoms with Crippen molar-refractivity contribution in [2.45, 2.75) is 6.92 Å². The van der Waals surface area contributed by atoms with Gasteiger partial charge in [-0.2, -0.15) is 0 Å². The molecule has 4 rings (SSSR count). The molecule has 0 spiro atoms. The summed E-state index contributed by atoms with van der Waals surface area (Å²) in [6.07, 6.45) is 5.48. The standard InChI is InChI=1S/C21H16N4O/c1-3-16-6-4-9-20(23-16)21-22-12-17-11-10-15(13-25(17)21)19-8-5-7-18(24-19)14(2)26/h3-13H,1H2,2H3. The van der Waals surface area contributed by atoms with Crippen LogP contribution in [-0.2, 0) is 0 Å². The zero-order valence-corrected chi connectivity index (χ0v) is 14.3. The number of ketones is 1. The number of fused-ring (bicyclic) bond motifs is 1. The molecule has 26 heavy (non-hydrogen) atoms. The number of aromatic nitrogens is 4. The van der Waals surface area contributed by atoms with Gasteiger partial charge in [0.05, 0.1) is 23.1 Å². The third-order valence-electron chi connectivity index (χ3n) is 4.14. The average Bonchev–Trinajstić information content (AvgIpc) is 3.11. The number of rotatable bonds is 4. The van der Waals surface area contributed by atoms with Crippen molar-refractivity contribution in [1.29, 1.82) is 0 Å². The van der Waals surface area contributed by atoms with Crippen LogP contribution in [0.5, 0.6) is 0 Å². The summed E-state index contributed by atoms with van der Waals surface area (Å²) in [6, 6.07) is 15.2. The van der Waals surface area contributed by atoms with E-state index in [4.69, 9.17) is 0 Å². The van der Waals surface area contributed by atoms with Gasteiger partial charge in [-0.3, -0.25) is 9.20 Å². The maximum Gasteiger partial charge on any atom is 0.178 e. The molecule has 0 bridgehead atoms. The molecular weight excluding hydrogens is 324 g/mol. The molecule has 0 aromatic carbocycles. The minimum absolute atomic E-state index is 0.0540. The van der Waals surface area contributed by atoms with Crippen LogP contribution in [-0.4, -0.2) is 25.1 Å². The van der Waals surface area contributed by atoms with E-state index in [1.54, 1.807) is 18.3 Å². The molecular formula is C21H16N4O. The first kappa shape index (κ1) is 15.9. The number of carbonyl (C=O) groups is 1. The van der Waals surface area contributed by atoms with Gasteiger partial charge in [0.2, 0.25) is 0 Å². The largest absolute Gasteiger partial charge is 0.298 e. The average molecular weight is 340 g/mol. The topological polar surface area (TPSA) is 60.2 Å². The number of carbonyl (C=O) groups excluding carboxylic acids is 1. The molecule has 0 aliphatic carbocycles. The second-order valence-corrected chi connectivity index (χ2v) is 5.91. The van der Waals surface area contributed by atoms with Crippen molar-refractivity contribution in [3.63, 3.8) is 0 Å². The summed E-state index contributed by atoms with van der Waals surface area (Å²) >= 11 is 0. The van der Waals surface area contributed by atoms with Crippen LogP contribution in [0.1, 0.15) is 23.1 Å². The molecule has 0 aliphatic rings. The number of hydrogen-bond donors (Lipinski definition) is 0. The molecule has 0 unspecified atom stereocenters. The van der Waals surface area contributed by atoms with E-state index in [0.29, 0.717) is 5.69 Å². The fourth-order valence-corrected chi connectivity index (χ4v) is 2.81. The van der Waals surface area contributed by atoms with Gasteiger partial charge in [0.25, 0.3) is 0 Å². The highest BCUT2D eigenvalue weighted by molar-refractivity contribution is 5.92. The molecule has 4 aromatic heterocycles. The predicted molar refractivity (Wildman–Crippen MR) is 102 cm³/mol. The van der Waals surface area contributed by atoms with Crippen molar-refractivity contribution >= 4 is 17.4 Å². The van der Waals surface area contributed by atoms with Crippen molar-refractivity contribution in [1.82, 2.24) is 19.4 Å². The first-order valence-electron chi connectivity index (χ1n) is 8.21. The van der Waals surface area contributed by atoms with E-state index in [2.05, 4.69) is 21.5 Å². The fraction of sp³-hybridized carbons (Fsp3) is 0.0476. The van der Waals surface area contributed by atoms with Crippen molar-refractivity contribution in [2.24, 2.45) is 0 Å². The van der Waals surface area contributed by atoms with E-state index in [9.17, 15) is 4.79 Å². The summed E-state index contributed by atoms with van der Waals surface area (Å²) in [5, 5.41) is 0. The molecule has 4 aromatic rings. The number of imidazole rings is 1. The predicted octanol–water partition coefficient (Wildman–Crippen LogP) is 4.30. The van der Waals surface area contributed by atoms with Crippen LogP contribution in [0.4, 0.5) is 0 Å². The van der Waals surface area contributed by atoms with Gasteiger partial charge in [0.15, 0.2) is 11.6 Å². The maximum absolute atomic E-state index is 11.6. The van der Waals surface area contributed by atoms with Crippen LogP contribution in [0, 0.1) is 0 Å². The fourth-order valence-electron chi connectivity index (χ4n) is 2.81. The van der Waals surface area contributed by atoms with Crippen LogP contribution in [0.15, 0.2) is 67.5 Å². The molecule has 126 valence electrons. The molecule has 0 N–H and O–H groups in total. The van der Waals surface area contributed by atoms with Gasteiger partial charge in [0, 0.05) is 18.7 Å². The summed E-state index contributed by atoms with van der Waals surface area (Å²) in [6.45, 7) is 5.28. The van der Waals surface area contributed by atoms with Crippen molar-refractivity contribution < 1.29 is 4.79 Å². The first-order chi connectivity index (χ1) is 12.7. The van der Waals surface area contributed by atoms with Gasteiger partial charge in [-0.15, -0.1) is 0 Å². The highest BCUT2D eigenvalue weighted by atomic mass is 16.1. The summed E-state index contributed by atoms with van der Waals surface area (Å²) in [4.78, 5) is 25.1. The Morgan fingerprint density at radius 1 is 1.04 bits per heavy atom. The zero-order chi connectivity index (χ0) is 18.1. The molecule has 4 heterocycles. The number of nitrogens with zero attached hydrogens (tertiary/aromatic N) is 4. The Bertz CT molecular complexity index is 1140. The second-order valence-electron chi connectivity index (χ2n) is 5.91. The minimum Gasteiger partial charge on any atom is -0.298 e. The van der Waals surface area contributed by atoms with Crippen molar-refractivity contribution in [3.8, 4) is 22.8 Å². The van der Waals surface area contributed by atoms with E-state index < -0.39 is 0 Å². The van der Waals surface area contributed by atoms with E-state index in [0.717, 1.165) is 34.0 Å². The third-order valence-corrected chi connectivity index (χ3v) is 4.14. The number of hydrogen-bond acceptors (Lipinski definition) is 4. The summed E-state index contributed by atoms with van der Waals surface area (Å²) in [7, 11) is 0. The van der Waals surface area contributed by atoms with Crippen LogP contribution in [0.25, 0.3) is 34.4 Å². The van der Waals surface area contributed by atoms with E-state index in [-0.39, 0.29) is 5.78 Å². The molecule has 0 amide bonds. The molecule has 0 aliphatic heterocycles. The van der Waals surface area contributed by atoms with Crippen LogP contribution < -0.4 is 0 Å². The van der Waals surface area contributed by atoms with Gasteiger partial charge >= 0.3 is 0 Å². The van der Waals surface area contributed by atoms with E-state index >= 15 is 0 Å². The zero-order valence-electron chi connectivity index (χ0n) is 14.3.